The van der Waals surface area contributed by atoms with Gasteiger partial charge in [-0.2, -0.15) is 0 Å². The molecule has 2 nitrogen and oxygen atoms in total. The highest BCUT2D eigenvalue weighted by atomic mass is 79.9. The molecule has 0 saturated carbocycles. The van der Waals surface area contributed by atoms with Crippen LogP contribution in [0.2, 0.25) is 0 Å². The summed E-state index contributed by atoms with van der Waals surface area (Å²) in [6.45, 7) is 4.46. The van der Waals surface area contributed by atoms with Crippen LogP contribution in [0.15, 0.2) is 48.5 Å². The molecule has 2 rings (SSSR count). The van der Waals surface area contributed by atoms with Gasteiger partial charge in [0, 0.05) is 17.0 Å². The lowest BCUT2D eigenvalue weighted by molar-refractivity contribution is 0.386. The molecule has 0 aliphatic heterocycles. The fourth-order valence-electron chi connectivity index (χ4n) is 2.43. The van der Waals surface area contributed by atoms with Gasteiger partial charge in [-0.3, -0.25) is 0 Å². The predicted octanol–water partition coefficient (Wildman–Crippen LogP) is 5.12. The van der Waals surface area contributed by atoms with Gasteiger partial charge >= 0.3 is 0 Å². The van der Waals surface area contributed by atoms with E-state index >= 15 is 0 Å². The van der Waals surface area contributed by atoms with E-state index < -0.39 is 0 Å². The van der Waals surface area contributed by atoms with Crippen molar-refractivity contribution in [2.24, 2.45) is 0 Å². The fourth-order valence-corrected chi connectivity index (χ4v) is 3.07. The SMILES string of the molecule is COc1ccc(C(Br)C(C)(C)c2ccccc2)c(OC)c1. The Labute approximate surface area is 135 Å². The van der Waals surface area contributed by atoms with Crippen LogP contribution in [0.4, 0.5) is 0 Å². The van der Waals surface area contributed by atoms with Crippen LogP contribution in [-0.4, -0.2) is 14.2 Å². The maximum Gasteiger partial charge on any atom is 0.126 e. The van der Waals surface area contributed by atoms with Gasteiger partial charge in [-0.1, -0.05) is 66.2 Å². The molecule has 1 atom stereocenters. The first-order valence-electron chi connectivity index (χ1n) is 6.92. The minimum atomic E-state index is -0.0663. The van der Waals surface area contributed by atoms with Crippen LogP contribution in [0.1, 0.15) is 29.8 Å². The van der Waals surface area contributed by atoms with Gasteiger partial charge in [0.05, 0.1) is 19.0 Å². The lowest BCUT2D eigenvalue weighted by Crippen LogP contribution is -2.23. The van der Waals surface area contributed by atoms with E-state index in [1.165, 1.54) is 5.56 Å². The van der Waals surface area contributed by atoms with Crippen molar-refractivity contribution in [3.8, 4) is 11.5 Å². The molecule has 0 spiro atoms. The number of alkyl halides is 1. The summed E-state index contributed by atoms with van der Waals surface area (Å²) < 4.78 is 10.8. The summed E-state index contributed by atoms with van der Waals surface area (Å²) in [6.07, 6.45) is 0. The number of ether oxygens (including phenoxy) is 2. The van der Waals surface area contributed by atoms with Gasteiger partial charge < -0.3 is 9.47 Å². The Morgan fingerprint density at radius 3 is 2.19 bits per heavy atom. The van der Waals surface area contributed by atoms with E-state index in [0.717, 1.165) is 17.1 Å². The summed E-state index contributed by atoms with van der Waals surface area (Å²) in [6, 6.07) is 16.4. The highest BCUT2D eigenvalue weighted by Gasteiger charge is 2.32. The van der Waals surface area contributed by atoms with Crippen molar-refractivity contribution >= 4 is 15.9 Å². The van der Waals surface area contributed by atoms with Crippen molar-refractivity contribution in [1.29, 1.82) is 0 Å². The Hall–Kier alpha value is -1.48. The maximum absolute atomic E-state index is 5.53. The normalized spacial score (nSPS) is 12.8. The first-order valence-corrected chi connectivity index (χ1v) is 7.83. The summed E-state index contributed by atoms with van der Waals surface area (Å²) in [5.74, 6) is 1.63. The summed E-state index contributed by atoms with van der Waals surface area (Å²) in [7, 11) is 3.35. The van der Waals surface area contributed by atoms with Crippen molar-refractivity contribution in [2.45, 2.75) is 24.1 Å². The highest BCUT2D eigenvalue weighted by Crippen LogP contribution is 2.46. The fraction of sp³-hybridized carbons (Fsp3) is 0.333. The lowest BCUT2D eigenvalue weighted by Gasteiger charge is -2.32. The predicted molar refractivity (Wildman–Crippen MR) is 90.7 cm³/mol. The van der Waals surface area contributed by atoms with Crippen molar-refractivity contribution in [1.82, 2.24) is 0 Å². The summed E-state index contributed by atoms with van der Waals surface area (Å²) in [5, 5.41) is 0. The van der Waals surface area contributed by atoms with E-state index in [4.69, 9.17) is 9.47 Å². The van der Waals surface area contributed by atoms with Crippen molar-refractivity contribution in [3.63, 3.8) is 0 Å². The van der Waals surface area contributed by atoms with Crippen LogP contribution in [0.3, 0.4) is 0 Å². The molecule has 0 aliphatic rings. The van der Waals surface area contributed by atoms with Crippen LogP contribution < -0.4 is 9.47 Å². The zero-order valence-corrected chi connectivity index (χ0v) is 14.5. The Morgan fingerprint density at radius 2 is 1.62 bits per heavy atom. The lowest BCUT2D eigenvalue weighted by atomic mass is 9.79. The highest BCUT2D eigenvalue weighted by molar-refractivity contribution is 9.09. The van der Waals surface area contributed by atoms with Gasteiger partial charge in [0.1, 0.15) is 11.5 Å². The third-order valence-corrected chi connectivity index (χ3v) is 5.50. The quantitative estimate of drug-likeness (QED) is 0.698. The molecule has 1 unspecified atom stereocenters. The average Bonchev–Trinajstić information content (AvgIpc) is 2.54. The third-order valence-electron chi connectivity index (χ3n) is 3.87. The molecule has 0 fully saturated rings. The number of hydrogen-bond donors (Lipinski definition) is 0. The van der Waals surface area contributed by atoms with Gasteiger partial charge in [0.15, 0.2) is 0 Å². The second-order valence-electron chi connectivity index (χ2n) is 5.56. The van der Waals surface area contributed by atoms with Gasteiger partial charge in [-0.25, -0.2) is 0 Å². The van der Waals surface area contributed by atoms with Crippen LogP contribution in [0.25, 0.3) is 0 Å². The number of benzene rings is 2. The molecule has 0 N–H and O–H groups in total. The molecule has 21 heavy (non-hydrogen) atoms. The molecule has 0 heterocycles. The van der Waals surface area contributed by atoms with Gasteiger partial charge in [0.25, 0.3) is 0 Å². The molecule has 0 aromatic heterocycles. The second-order valence-corrected chi connectivity index (χ2v) is 6.47. The van der Waals surface area contributed by atoms with Crippen molar-refractivity contribution in [2.75, 3.05) is 14.2 Å². The Bertz CT molecular complexity index is 593. The summed E-state index contributed by atoms with van der Waals surface area (Å²) in [5.41, 5.74) is 2.33. The zero-order chi connectivity index (χ0) is 15.5. The Morgan fingerprint density at radius 1 is 0.952 bits per heavy atom. The minimum Gasteiger partial charge on any atom is -0.497 e. The molecule has 0 amide bonds. The van der Waals surface area contributed by atoms with Crippen LogP contribution >= 0.6 is 15.9 Å². The molecular weight excluding hydrogens is 328 g/mol. The van der Waals surface area contributed by atoms with Crippen molar-refractivity contribution in [3.05, 3.63) is 59.7 Å². The first kappa shape index (κ1) is 15.9. The summed E-state index contributed by atoms with van der Waals surface area (Å²) in [4.78, 5) is 0.133. The van der Waals surface area contributed by atoms with E-state index in [1.54, 1.807) is 14.2 Å². The van der Waals surface area contributed by atoms with E-state index in [9.17, 15) is 0 Å². The largest absolute Gasteiger partial charge is 0.497 e. The monoisotopic (exact) mass is 348 g/mol. The topological polar surface area (TPSA) is 18.5 Å². The minimum absolute atomic E-state index is 0.0663. The van der Waals surface area contributed by atoms with E-state index in [-0.39, 0.29) is 10.2 Å². The molecule has 0 aliphatic carbocycles. The molecule has 2 aromatic carbocycles. The van der Waals surface area contributed by atoms with Gasteiger partial charge in [-0.15, -0.1) is 0 Å². The number of halogens is 1. The molecule has 0 bridgehead atoms. The average molecular weight is 349 g/mol. The first-order chi connectivity index (χ1) is 10.0. The number of rotatable bonds is 5. The van der Waals surface area contributed by atoms with Crippen LogP contribution in [0.5, 0.6) is 11.5 Å². The third kappa shape index (κ3) is 3.24. The molecular formula is C18H21BrO2. The smallest absolute Gasteiger partial charge is 0.126 e. The standard InChI is InChI=1S/C18H21BrO2/c1-18(2,13-8-6-5-7-9-13)17(19)15-11-10-14(20-3)12-16(15)21-4/h5-12,17H,1-4H3. The van der Waals surface area contributed by atoms with Crippen LogP contribution in [0, 0.1) is 0 Å². The van der Waals surface area contributed by atoms with Crippen LogP contribution in [-0.2, 0) is 5.41 Å². The molecule has 112 valence electrons. The maximum atomic E-state index is 5.53. The second kappa shape index (κ2) is 6.52. The van der Waals surface area contributed by atoms with E-state index in [0.29, 0.717) is 0 Å². The van der Waals surface area contributed by atoms with Crippen molar-refractivity contribution < 1.29 is 9.47 Å². The molecule has 3 heteroatoms. The number of hydrogen-bond acceptors (Lipinski definition) is 2. The molecule has 0 radical (unpaired) electrons. The summed E-state index contributed by atoms with van der Waals surface area (Å²) >= 11 is 3.86. The Balaban J connectivity index is 2.41. The van der Waals surface area contributed by atoms with Gasteiger partial charge in [0.2, 0.25) is 0 Å². The zero-order valence-electron chi connectivity index (χ0n) is 12.9. The Kier molecular flexibility index (Phi) is 4.94. The van der Waals surface area contributed by atoms with Gasteiger partial charge in [-0.05, 0) is 11.6 Å². The van der Waals surface area contributed by atoms with E-state index in [1.807, 2.05) is 18.2 Å². The number of methoxy groups -OCH3 is 2. The molecule has 2 aromatic rings. The molecule has 0 saturated heterocycles. The van der Waals surface area contributed by atoms with E-state index in [2.05, 4.69) is 60.1 Å².